The molecule has 1 aromatic rings. The van der Waals surface area contributed by atoms with Crippen molar-refractivity contribution in [2.24, 2.45) is 5.41 Å². The van der Waals surface area contributed by atoms with E-state index in [1.807, 2.05) is 25.1 Å². The SMILES string of the molecule is CCCCCCC(=O)C1=CC(C)(C)[C@H](NC(=O)CC)c2cc(OC)c(OC)cc21. The van der Waals surface area contributed by atoms with E-state index in [9.17, 15) is 9.59 Å². The maximum Gasteiger partial charge on any atom is 0.220 e. The summed E-state index contributed by atoms with van der Waals surface area (Å²) < 4.78 is 11.0. The van der Waals surface area contributed by atoms with Gasteiger partial charge in [0.15, 0.2) is 17.3 Å². The fourth-order valence-electron chi connectivity index (χ4n) is 3.91. The molecule has 5 nitrogen and oxygen atoms in total. The normalized spacial score (nSPS) is 17.2. The second-order valence-corrected chi connectivity index (χ2v) is 8.26. The van der Waals surface area contributed by atoms with Crippen LogP contribution in [0.1, 0.15) is 83.4 Å². The van der Waals surface area contributed by atoms with Crippen LogP contribution in [-0.4, -0.2) is 25.9 Å². The van der Waals surface area contributed by atoms with Gasteiger partial charge in [-0.3, -0.25) is 9.59 Å². The number of nitrogens with one attached hydrogen (secondary N) is 1. The molecule has 0 saturated carbocycles. The van der Waals surface area contributed by atoms with Gasteiger partial charge in [-0.2, -0.15) is 0 Å². The lowest BCUT2D eigenvalue weighted by Gasteiger charge is -2.39. The number of rotatable bonds is 10. The Labute approximate surface area is 174 Å². The minimum absolute atomic E-state index is 0.0217. The largest absolute Gasteiger partial charge is 0.493 e. The van der Waals surface area contributed by atoms with E-state index in [0.29, 0.717) is 29.9 Å². The highest BCUT2D eigenvalue weighted by Crippen LogP contribution is 2.48. The number of carbonyl (C=O) groups is 2. The zero-order valence-electron chi connectivity index (χ0n) is 18.7. The number of ether oxygens (including phenoxy) is 2. The number of methoxy groups -OCH3 is 2. The van der Waals surface area contributed by atoms with E-state index in [4.69, 9.17) is 9.47 Å². The van der Waals surface area contributed by atoms with Crippen LogP contribution in [0.3, 0.4) is 0 Å². The second kappa shape index (κ2) is 9.95. The fourth-order valence-corrected chi connectivity index (χ4v) is 3.91. The monoisotopic (exact) mass is 401 g/mol. The molecule has 2 rings (SSSR count). The molecule has 1 aliphatic rings. The molecule has 1 amide bonds. The lowest BCUT2D eigenvalue weighted by Crippen LogP contribution is -2.39. The van der Waals surface area contributed by atoms with E-state index in [1.165, 1.54) is 0 Å². The highest BCUT2D eigenvalue weighted by atomic mass is 16.5. The van der Waals surface area contributed by atoms with E-state index in [1.54, 1.807) is 14.2 Å². The van der Waals surface area contributed by atoms with Crippen LogP contribution in [0, 0.1) is 5.41 Å². The number of benzene rings is 1. The minimum atomic E-state index is -0.411. The predicted octanol–water partition coefficient (Wildman–Crippen LogP) is 5.23. The van der Waals surface area contributed by atoms with Crippen molar-refractivity contribution in [2.75, 3.05) is 14.2 Å². The Morgan fingerprint density at radius 3 is 2.28 bits per heavy atom. The molecule has 1 atom stereocenters. The first-order valence-corrected chi connectivity index (χ1v) is 10.6. The Morgan fingerprint density at radius 1 is 1.03 bits per heavy atom. The number of fused-ring (bicyclic) bond motifs is 1. The first-order valence-electron chi connectivity index (χ1n) is 10.6. The van der Waals surface area contributed by atoms with Gasteiger partial charge in [0, 0.05) is 23.8 Å². The Hall–Kier alpha value is -2.30. The molecule has 0 aromatic heterocycles. The van der Waals surface area contributed by atoms with Gasteiger partial charge in [-0.1, -0.05) is 53.0 Å². The minimum Gasteiger partial charge on any atom is -0.493 e. The fraction of sp³-hybridized carbons (Fsp3) is 0.583. The van der Waals surface area contributed by atoms with Crippen molar-refractivity contribution in [1.82, 2.24) is 5.32 Å². The van der Waals surface area contributed by atoms with Gasteiger partial charge >= 0.3 is 0 Å². The smallest absolute Gasteiger partial charge is 0.220 e. The number of carbonyl (C=O) groups excluding carboxylic acids is 2. The molecule has 0 saturated heterocycles. The maximum absolute atomic E-state index is 13.1. The van der Waals surface area contributed by atoms with Gasteiger partial charge in [0.2, 0.25) is 5.91 Å². The van der Waals surface area contributed by atoms with Gasteiger partial charge < -0.3 is 14.8 Å². The summed E-state index contributed by atoms with van der Waals surface area (Å²) in [6.45, 7) is 8.10. The van der Waals surface area contributed by atoms with E-state index in [2.05, 4.69) is 26.1 Å². The van der Waals surface area contributed by atoms with E-state index >= 15 is 0 Å². The summed E-state index contributed by atoms with van der Waals surface area (Å²) in [7, 11) is 3.18. The van der Waals surface area contributed by atoms with E-state index in [0.717, 1.165) is 36.8 Å². The molecule has 1 N–H and O–H groups in total. The molecule has 0 fully saturated rings. The van der Waals surface area contributed by atoms with Gasteiger partial charge in [-0.05, 0) is 29.7 Å². The summed E-state index contributed by atoms with van der Waals surface area (Å²) in [5, 5.41) is 3.13. The standard InChI is InChI=1S/C24H35NO4/c1-7-9-10-11-12-19(26)18-15-24(3,4)23(25-22(27)8-2)17-14-21(29-6)20(28-5)13-16(17)18/h13-15,23H,7-12H2,1-6H3,(H,25,27)/t23-/m1/s1. The van der Waals surface area contributed by atoms with Gasteiger partial charge in [-0.25, -0.2) is 0 Å². The van der Waals surface area contributed by atoms with Crippen LogP contribution in [0.5, 0.6) is 11.5 Å². The average Bonchev–Trinajstić information content (AvgIpc) is 2.71. The number of unbranched alkanes of at least 4 members (excludes halogenated alkanes) is 3. The van der Waals surface area contributed by atoms with Crippen LogP contribution in [0.25, 0.3) is 5.57 Å². The molecular formula is C24H35NO4. The number of allylic oxidation sites excluding steroid dienone is 1. The van der Waals surface area contributed by atoms with Gasteiger partial charge in [0.05, 0.1) is 20.3 Å². The summed E-state index contributed by atoms with van der Waals surface area (Å²) in [5.74, 6) is 1.29. The predicted molar refractivity (Wildman–Crippen MR) is 116 cm³/mol. The quantitative estimate of drug-likeness (QED) is 0.545. The third-order valence-electron chi connectivity index (χ3n) is 5.60. The number of Topliss-reactive ketones (excluding diaryl/α,β-unsaturated/α-hetero) is 1. The van der Waals surface area contributed by atoms with Crippen LogP contribution in [-0.2, 0) is 9.59 Å². The Balaban J connectivity index is 2.52. The van der Waals surface area contributed by atoms with Crippen molar-refractivity contribution >= 4 is 17.3 Å². The third-order valence-corrected chi connectivity index (χ3v) is 5.60. The molecule has 0 heterocycles. The number of hydrogen-bond donors (Lipinski definition) is 1. The van der Waals surface area contributed by atoms with E-state index in [-0.39, 0.29) is 17.7 Å². The van der Waals surface area contributed by atoms with Crippen molar-refractivity contribution in [2.45, 2.75) is 72.3 Å². The van der Waals surface area contributed by atoms with Crippen molar-refractivity contribution in [3.05, 3.63) is 29.3 Å². The molecule has 0 radical (unpaired) electrons. The molecule has 0 bridgehead atoms. The summed E-state index contributed by atoms with van der Waals surface area (Å²) in [6.07, 6.45) is 7.19. The van der Waals surface area contributed by atoms with Crippen molar-refractivity contribution in [1.29, 1.82) is 0 Å². The van der Waals surface area contributed by atoms with Crippen LogP contribution >= 0.6 is 0 Å². The van der Waals surface area contributed by atoms with Crippen LogP contribution in [0.15, 0.2) is 18.2 Å². The zero-order chi connectivity index (χ0) is 21.6. The molecule has 0 spiro atoms. The first-order chi connectivity index (χ1) is 13.8. The van der Waals surface area contributed by atoms with Crippen LogP contribution < -0.4 is 14.8 Å². The molecule has 1 aliphatic carbocycles. The topological polar surface area (TPSA) is 64.6 Å². The Bertz CT molecular complexity index is 779. The lowest BCUT2D eigenvalue weighted by atomic mass is 9.70. The summed E-state index contributed by atoms with van der Waals surface area (Å²) in [6, 6.07) is 3.51. The third kappa shape index (κ3) is 5.20. The summed E-state index contributed by atoms with van der Waals surface area (Å²) >= 11 is 0. The van der Waals surface area contributed by atoms with Gasteiger partial charge in [-0.15, -0.1) is 0 Å². The highest BCUT2D eigenvalue weighted by Gasteiger charge is 2.38. The number of amides is 1. The molecule has 0 unspecified atom stereocenters. The molecule has 0 aliphatic heterocycles. The van der Waals surface area contributed by atoms with Crippen molar-refractivity contribution < 1.29 is 19.1 Å². The van der Waals surface area contributed by atoms with Crippen LogP contribution in [0.4, 0.5) is 0 Å². The van der Waals surface area contributed by atoms with Gasteiger partial charge in [0.1, 0.15) is 0 Å². The molecule has 29 heavy (non-hydrogen) atoms. The molecule has 5 heteroatoms. The lowest BCUT2D eigenvalue weighted by molar-refractivity contribution is -0.122. The number of ketones is 1. The number of hydrogen-bond acceptors (Lipinski definition) is 4. The average molecular weight is 402 g/mol. The highest BCUT2D eigenvalue weighted by molar-refractivity contribution is 6.21. The van der Waals surface area contributed by atoms with Crippen molar-refractivity contribution in [3.8, 4) is 11.5 Å². The Morgan fingerprint density at radius 2 is 1.69 bits per heavy atom. The van der Waals surface area contributed by atoms with Crippen molar-refractivity contribution in [3.63, 3.8) is 0 Å². The molecule has 160 valence electrons. The second-order valence-electron chi connectivity index (χ2n) is 8.26. The summed E-state index contributed by atoms with van der Waals surface area (Å²) in [5.41, 5.74) is 2.02. The van der Waals surface area contributed by atoms with Crippen LogP contribution in [0.2, 0.25) is 0 Å². The Kier molecular flexibility index (Phi) is 7.88. The molecule has 1 aromatic carbocycles. The molecular weight excluding hydrogens is 366 g/mol. The zero-order valence-corrected chi connectivity index (χ0v) is 18.7. The maximum atomic E-state index is 13.1. The first kappa shape index (κ1) is 23.0. The summed E-state index contributed by atoms with van der Waals surface area (Å²) in [4.78, 5) is 25.3. The van der Waals surface area contributed by atoms with Gasteiger partial charge in [0.25, 0.3) is 0 Å². The van der Waals surface area contributed by atoms with E-state index < -0.39 is 5.41 Å².